The summed E-state index contributed by atoms with van der Waals surface area (Å²) in [5.41, 5.74) is 9.35. The summed E-state index contributed by atoms with van der Waals surface area (Å²) < 4.78 is 0. The van der Waals surface area contributed by atoms with Crippen LogP contribution in [-0.2, 0) is 6.42 Å². The van der Waals surface area contributed by atoms with Gasteiger partial charge in [-0.1, -0.05) is 42.5 Å². The fraction of sp³-hybridized carbons (Fsp3) is 0.320. The SMILES string of the molecule is CCNC(=O)c1cnc(N)c(NCCCNCCc2ccc(C)nc2)c1.c1ccccc1. The van der Waals surface area contributed by atoms with Gasteiger partial charge in [-0.2, -0.15) is 0 Å². The Kier molecular flexibility index (Phi) is 11.3. The van der Waals surface area contributed by atoms with Crippen LogP contribution in [0.2, 0.25) is 0 Å². The lowest BCUT2D eigenvalue weighted by atomic mass is 10.2. The Morgan fingerprint density at radius 1 is 0.969 bits per heavy atom. The van der Waals surface area contributed by atoms with E-state index in [1.807, 2.05) is 62.5 Å². The number of pyridine rings is 2. The van der Waals surface area contributed by atoms with E-state index in [4.69, 9.17) is 5.73 Å². The first-order chi connectivity index (χ1) is 15.6. The van der Waals surface area contributed by atoms with Crippen molar-refractivity contribution >= 4 is 17.4 Å². The van der Waals surface area contributed by atoms with Crippen LogP contribution in [0.5, 0.6) is 0 Å². The van der Waals surface area contributed by atoms with Crippen molar-refractivity contribution in [1.29, 1.82) is 0 Å². The highest BCUT2D eigenvalue weighted by molar-refractivity contribution is 5.95. The van der Waals surface area contributed by atoms with Crippen molar-refractivity contribution in [3.8, 4) is 0 Å². The van der Waals surface area contributed by atoms with Crippen molar-refractivity contribution < 1.29 is 4.79 Å². The maximum absolute atomic E-state index is 11.9. The molecule has 3 aromatic rings. The van der Waals surface area contributed by atoms with Crippen LogP contribution in [0, 0.1) is 6.92 Å². The first kappa shape index (κ1) is 24.8. The van der Waals surface area contributed by atoms with Crippen LogP contribution in [0.1, 0.15) is 35.0 Å². The fourth-order valence-electron chi connectivity index (χ4n) is 2.83. The first-order valence-corrected chi connectivity index (χ1v) is 11.0. The highest BCUT2D eigenvalue weighted by Crippen LogP contribution is 2.16. The van der Waals surface area contributed by atoms with Crippen LogP contribution >= 0.6 is 0 Å². The number of rotatable bonds is 10. The molecule has 0 atom stereocenters. The minimum absolute atomic E-state index is 0.143. The van der Waals surface area contributed by atoms with Crippen LogP contribution in [0.25, 0.3) is 0 Å². The lowest BCUT2D eigenvalue weighted by Crippen LogP contribution is -2.23. The summed E-state index contributed by atoms with van der Waals surface area (Å²) >= 11 is 0. The summed E-state index contributed by atoms with van der Waals surface area (Å²) in [4.78, 5) is 20.2. The molecule has 0 saturated carbocycles. The number of nitrogens with two attached hydrogens (primary N) is 1. The van der Waals surface area contributed by atoms with Crippen LogP contribution in [0.3, 0.4) is 0 Å². The lowest BCUT2D eigenvalue weighted by molar-refractivity contribution is 0.0955. The van der Waals surface area contributed by atoms with E-state index >= 15 is 0 Å². The second kappa shape index (κ2) is 14.5. The number of hydrogen-bond acceptors (Lipinski definition) is 6. The molecule has 7 nitrogen and oxygen atoms in total. The molecule has 0 fully saturated rings. The van der Waals surface area contributed by atoms with Gasteiger partial charge in [0.2, 0.25) is 0 Å². The van der Waals surface area contributed by atoms with Crippen LogP contribution in [0.15, 0.2) is 67.0 Å². The van der Waals surface area contributed by atoms with E-state index in [1.165, 1.54) is 11.8 Å². The molecule has 0 bridgehead atoms. The number of benzene rings is 1. The number of carbonyl (C=O) groups excluding carboxylic acids is 1. The molecule has 3 rings (SSSR count). The van der Waals surface area contributed by atoms with E-state index in [9.17, 15) is 4.79 Å². The van der Waals surface area contributed by atoms with Crippen molar-refractivity contribution in [2.45, 2.75) is 26.7 Å². The van der Waals surface area contributed by atoms with Gasteiger partial charge in [-0.15, -0.1) is 0 Å². The second-order valence-corrected chi connectivity index (χ2v) is 7.26. The van der Waals surface area contributed by atoms with Gasteiger partial charge in [0.05, 0.1) is 11.3 Å². The maximum Gasteiger partial charge on any atom is 0.252 e. The Hall–Kier alpha value is -3.45. The minimum Gasteiger partial charge on any atom is -0.382 e. The van der Waals surface area contributed by atoms with Gasteiger partial charge in [0.1, 0.15) is 5.82 Å². The van der Waals surface area contributed by atoms with Crippen LogP contribution in [-0.4, -0.2) is 42.1 Å². The van der Waals surface area contributed by atoms with Crippen molar-refractivity contribution in [3.63, 3.8) is 0 Å². The number of nitrogen functional groups attached to an aromatic ring is 1. The number of anilines is 2. The van der Waals surface area contributed by atoms with Gasteiger partial charge in [-0.25, -0.2) is 4.98 Å². The Balaban J connectivity index is 0.000000520. The van der Waals surface area contributed by atoms with E-state index < -0.39 is 0 Å². The summed E-state index contributed by atoms with van der Waals surface area (Å²) in [6.07, 6.45) is 5.33. The van der Waals surface area contributed by atoms with E-state index in [1.54, 1.807) is 6.07 Å². The molecule has 0 spiro atoms. The molecule has 0 radical (unpaired) electrons. The molecule has 5 N–H and O–H groups in total. The molecule has 7 heteroatoms. The van der Waals surface area contributed by atoms with Gasteiger partial charge in [-0.3, -0.25) is 9.78 Å². The van der Waals surface area contributed by atoms with Gasteiger partial charge >= 0.3 is 0 Å². The molecule has 2 heterocycles. The predicted octanol–water partition coefficient (Wildman–Crippen LogP) is 3.44. The van der Waals surface area contributed by atoms with E-state index in [0.29, 0.717) is 23.6 Å². The van der Waals surface area contributed by atoms with Crippen LogP contribution in [0.4, 0.5) is 11.5 Å². The number of amides is 1. The zero-order valence-corrected chi connectivity index (χ0v) is 19.0. The summed E-state index contributed by atoms with van der Waals surface area (Å²) in [6, 6.07) is 17.9. The van der Waals surface area contributed by atoms with Gasteiger partial charge in [0, 0.05) is 31.2 Å². The first-order valence-electron chi connectivity index (χ1n) is 11.0. The van der Waals surface area contributed by atoms with Gasteiger partial charge in [0.15, 0.2) is 0 Å². The summed E-state index contributed by atoms with van der Waals surface area (Å²) in [5, 5.41) is 9.42. The third-order valence-electron chi connectivity index (χ3n) is 4.59. The lowest BCUT2D eigenvalue weighted by Gasteiger charge is -2.11. The average molecular weight is 435 g/mol. The fourth-order valence-corrected chi connectivity index (χ4v) is 2.83. The number of carbonyl (C=O) groups is 1. The summed E-state index contributed by atoms with van der Waals surface area (Å²) in [6.45, 7) is 7.02. The number of aromatic nitrogens is 2. The highest BCUT2D eigenvalue weighted by atomic mass is 16.1. The molecule has 0 aliphatic heterocycles. The van der Waals surface area contributed by atoms with Crippen molar-refractivity contribution in [2.75, 3.05) is 37.2 Å². The monoisotopic (exact) mass is 434 g/mol. The second-order valence-electron chi connectivity index (χ2n) is 7.26. The predicted molar refractivity (Wildman–Crippen MR) is 132 cm³/mol. The molecule has 170 valence electrons. The summed E-state index contributed by atoms with van der Waals surface area (Å²) in [5.74, 6) is 0.258. The molecule has 0 saturated heterocycles. The number of nitrogens with zero attached hydrogens (tertiary/aromatic N) is 2. The molecular weight excluding hydrogens is 400 g/mol. The Bertz CT molecular complexity index is 889. The van der Waals surface area contributed by atoms with Crippen molar-refractivity contribution in [3.05, 3.63) is 83.8 Å². The Labute approximate surface area is 190 Å². The number of nitrogens with one attached hydrogen (secondary N) is 3. The smallest absolute Gasteiger partial charge is 0.252 e. The topological polar surface area (TPSA) is 105 Å². The quantitative estimate of drug-likeness (QED) is 0.364. The summed E-state index contributed by atoms with van der Waals surface area (Å²) in [7, 11) is 0. The molecule has 1 aromatic carbocycles. The van der Waals surface area contributed by atoms with Crippen molar-refractivity contribution in [1.82, 2.24) is 20.6 Å². The van der Waals surface area contributed by atoms with Gasteiger partial charge in [0.25, 0.3) is 5.91 Å². The molecular formula is C25H34N6O. The molecule has 0 unspecified atom stereocenters. The van der Waals surface area contributed by atoms with E-state index in [-0.39, 0.29) is 5.91 Å². The van der Waals surface area contributed by atoms with E-state index in [0.717, 1.165) is 38.2 Å². The number of hydrogen-bond donors (Lipinski definition) is 4. The minimum atomic E-state index is -0.143. The molecule has 0 aliphatic carbocycles. The van der Waals surface area contributed by atoms with Gasteiger partial charge < -0.3 is 21.7 Å². The van der Waals surface area contributed by atoms with Gasteiger partial charge in [-0.05, 0) is 57.5 Å². The largest absolute Gasteiger partial charge is 0.382 e. The maximum atomic E-state index is 11.9. The number of aryl methyl sites for hydroxylation is 1. The third-order valence-corrected chi connectivity index (χ3v) is 4.59. The molecule has 32 heavy (non-hydrogen) atoms. The van der Waals surface area contributed by atoms with Crippen molar-refractivity contribution in [2.24, 2.45) is 0 Å². The van der Waals surface area contributed by atoms with Crippen LogP contribution < -0.4 is 21.7 Å². The normalized spacial score (nSPS) is 10.1. The Morgan fingerprint density at radius 2 is 1.69 bits per heavy atom. The Morgan fingerprint density at radius 3 is 2.31 bits per heavy atom. The third kappa shape index (κ3) is 9.57. The molecule has 2 aromatic heterocycles. The molecule has 0 aliphatic rings. The van der Waals surface area contributed by atoms with E-state index in [2.05, 4.69) is 32.0 Å². The zero-order valence-electron chi connectivity index (χ0n) is 19.0. The zero-order chi connectivity index (χ0) is 23.0. The average Bonchev–Trinajstić information content (AvgIpc) is 2.82. The standard InChI is InChI=1S/C19H28N6O.C6H6/c1-3-22-19(26)16-11-17(18(20)25-13-16)23-9-4-8-21-10-7-15-6-5-14(2)24-12-15;1-2-4-6-5-3-1/h5-6,11-13,21,23H,3-4,7-10H2,1-2H3,(H2,20,25)(H,22,26);1-6H. The highest BCUT2D eigenvalue weighted by Gasteiger charge is 2.08. The molecule has 1 amide bonds.